The monoisotopic (exact) mass is 328 g/mol. The van der Waals surface area contributed by atoms with Gasteiger partial charge in [0.15, 0.2) is 6.23 Å². The highest BCUT2D eigenvalue weighted by Crippen LogP contribution is 2.37. The number of phosphoric ester groups is 1. The second kappa shape index (κ2) is 7.27. The maximum Gasteiger partial charge on any atom is 0.469 e. The topological polar surface area (TPSA) is 175 Å². The first kappa shape index (κ1) is 18.0. The lowest BCUT2D eigenvalue weighted by atomic mass is 10.1. The zero-order valence-corrected chi connectivity index (χ0v) is 11.9. The molecule has 1 aliphatic rings. The first-order chi connectivity index (χ1) is 9.60. The van der Waals surface area contributed by atoms with Crippen LogP contribution < -0.4 is 10.6 Å². The Labute approximate surface area is 119 Å². The van der Waals surface area contributed by atoms with E-state index >= 15 is 0 Å². The van der Waals surface area contributed by atoms with E-state index in [4.69, 9.17) is 14.5 Å². The van der Waals surface area contributed by atoms with Crippen LogP contribution in [-0.2, 0) is 23.4 Å². The van der Waals surface area contributed by atoms with E-state index in [0.717, 1.165) is 0 Å². The van der Waals surface area contributed by atoms with Gasteiger partial charge < -0.3 is 35.4 Å². The molecule has 12 heteroatoms. The van der Waals surface area contributed by atoms with Gasteiger partial charge in [-0.05, 0) is 0 Å². The number of nitrogens with one attached hydrogen (secondary N) is 2. The van der Waals surface area contributed by atoms with Crippen molar-refractivity contribution in [2.45, 2.75) is 31.5 Å². The Morgan fingerprint density at radius 3 is 2.43 bits per heavy atom. The zero-order valence-electron chi connectivity index (χ0n) is 11.0. The number of aliphatic hydroxyl groups is 2. The molecule has 0 aliphatic carbocycles. The molecule has 4 atom stereocenters. The minimum absolute atomic E-state index is 0.346. The quantitative estimate of drug-likeness (QED) is 0.274. The molecule has 21 heavy (non-hydrogen) atoms. The van der Waals surface area contributed by atoms with Crippen LogP contribution in [0.5, 0.6) is 0 Å². The van der Waals surface area contributed by atoms with Gasteiger partial charge in [-0.15, -0.1) is 0 Å². The highest BCUT2D eigenvalue weighted by molar-refractivity contribution is 7.46. The summed E-state index contributed by atoms with van der Waals surface area (Å²) in [6, 6.07) is 0. The van der Waals surface area contributed by atoms with E-state index in [1.54, 1.807) is 0 Å². The number of amides is 2. The molecule has 11 nitrogen and oxygen atoms in total. The Hall–Kier alpha value is -1.07. The molecular formula is C9H17N2O9P. The molecule has 0 spiro atoms. The van der Waals surface area contributed by atoms with E-state index in [9.17, 15) is 24.4 Å². The van der Waals surface area contributed by atoms with Gasteiger partial charge in [0.1, 0.15) is 18.3 Å². The van der Waals surface area contributed by atoms with E-state index in [-0.39, 0.29) is 6.54 Å². The predicted molar refractivity (Wildman–Crippen MR) is 65.5 cm³/mol. The van der Waals surface area contributed by atoms with Gasteiger partial charge in [-0.25, -0.2) is 4.57 Å². The molecule has 2 amide bonds. The average molecular weight is 328 g/mol. The van der Waals surface area contributed by atoms with Crippen LogP contribution in [-0.4, -0.2) is 69.5 Å². The predicted octanol–water partition coefficient (Wildman–Crippen LogP) is -3.21. The summed E-state index contributed by atoms with van der Waals surface area (Å²) in [6.45, 7) is 0.204. The molecule has 0 aromatic carbocycles. The number of carbonyl (C=O) groups excluding carboxylic acids is 2. The molecule has 1 fully saturated rings. The van der Waals surface area contributed by atoms with Gasteiger partial charge in [-0.2, -0.15) is 0 Å². The van der Waals surface area contributed by atoms with Gasteiger partial charge in [0, 0.05) is 6.92 Å². The summed E-state index contributed by atoms with van der Waals surface area (Å²) < 4.78 is 19.8. The minimum Gasteiger partial charge on any atom is -0.387 e. The molecule has 6 N–H and O–H groups in total. The summed E-state index contributed by atoms with van der Waals surface area (Å²) in [5.74, 6) is -1.09. The van der Waals surface area contributed by atoms with Crippen molar-refractivity contribution in [2.24, 2.45) is 0 Å². The molecule has 0 bridgehead atoms. The molecule has 1 rings (SSSR count). The number of hydrogen-bond acceptors (Lipinski definition) is 7. The van der Waals surface area contributed by atoms with Crippen LogP contribution in [0.15, 0.2) is 0 Å². The first-order valence-corrected chi connectivity index (χ1v) is 7.38. The largest absolute Gasteiger partial charge is 0.469 e. The zero-order chi connectivity index (χ0) is 16.2. The number of phosphoric acid groups is 1. The third-order valence-electron chi connectivity index (χ3n) is 2.57. The minimum atomic E-state index is -4.74. The van der Waals surface area contributed by atoms with Crippen LogP contribution >= 0.6 is 7.82 Å². The summed E-state index contributed by atoms with van der Waals surface area (Å²) >= 11 is 0. The van der Waals surface area contributed by atoms with E-state index < -0.39 is 50.8 Å². The number of carbonyl (C=O) groups is 2. The van der Waals surface area contributed by atoms with Gasteiger partial charge >= 0.3 is 7.82 Å². The summed E-state index contributed by atoms with van der Waals surface area (Å²) in [7, 11) is -4.74. The van der Waals surface area contributed by atoms with Crippen molar-refractivity contribution in [1.82, 2.24) is 10.6 Å². The molecule has 1 heterocycles. The number of rotatable bonds is 6. The van der Waals surface area contributed by atoms with E-state index in [1.165, 1.54) is 6.92 Å². The Bertz CT molecular complexity index is 439. The van der Waals surface area contributed by atoms with Crippen LogP contribution in [0.2, 0.25) is 0 Å². The smallest absolute Gasteiger partial charge is 0.387 e. The standard InChI is InChI=1S/C9H17N2O9P/c1-4(12)10-2-6(13)11-9-8(15)7(14)5(20-9)3-19-21(16,17)18/h5,7-9,14-15H,2-3H2,1H3,(H,10,12)(H,11,13)(H2,16,17,18). The van der Waals surface area contributed by atoms with Crippen molar-refractivity contribution in [2.75, 3.05) is 13.2 Å². The lowest BCUT2D eigenvalue weighted by molar-refractivity contribution is -0.129. The normalized spacial score (nSPS) is 29.2. The van der Waals surface area contributed by atoms with Crippen molar-refractivity contribution in [3.63, 3.8) is 0 Å². The highest BCUT2D eigenvalue weighted by atomic mass is 31.2. The lowest BCUT2D eigenvalue weighted by Crippen LogP contribution is -2.47. The molecule has 1 saturated heterocycles. The average Bonchev–Trinajstić information content (AvgIpc) is 2.61. The molecule has 4 unspecified atom stereocenters. The fourth-order valence-electron chi connectivity index (χ4n) is 1.59. The number of ether oxygens (including phenoxy) is 1. The second-order valence-electron chi connectivity index (χ2n) is 4.34. The maximum atomic E-state index is 11.4. The molecule has 0 aromatic rings. The van der Waals surface area contributed by atoms with Crippen molar-refractivity contribution >= 4 is 19.6 Å². The van der Waals surface area contributed by atoms with Crippen LogP contribution in [0.25, 0.3) is 0 Å². The molecule has 0 aromatic heterocycles. The summed E-state index contributed by atoms with van der Waals surface area (Å²) in [5, 5.41) is 23.7. The summed E-state index contributed by atoms with van der Waals surface area (Å²) in [4.78, 5) is 39.1. The molecule has 0 saturated carbocycles. The van der Waals surface area contributed by atoms with Crippen LogP contribution in [0.4, 0.5) is 0 Å². The summed E-state index contributed by atoms with van der Waals surface area (Å²) in [6.07, 6.45) is -5.51. The molecular weight excluding hydrogens is 311 g/mol. The SMILES string of the molecule is CC(=O)NCC(=O)NC1OC(COP(=O)(O)O)C(O)C1O. The Morgan fingerprint density at radius 2 is 1.90 bits per heavy atom. The van der Waals surface area contributed by atoms with Gasteiger partial charge in [0.05, 0.1) is 13.2 Å². The van der Waals surface area contributed by atoms with E-state index in [1.807, 2.05) is 0 Å². The van der Waals surface area contributed by atoms with Gasteiger partial charge in [0.25, 0.3) is 0 Å². The third kappa shape index (κ3) is 6.06. The molecule has 1 aliphatic heterocycles. The Morgan fingerprint density at radius 1 is 1.29 bits per heavy atom. The van der Waals surface area contributed by atoms with Gasteiger partial charge in [-0.1, -0.05) is 0 Å². The van der Waals surface area contributed by atoms with Crippen molar-refractivity contribution in [3.8, 4) is 0 Å². The van der Waals surface area contributed by atoms with Crippen LogP contribution in [0.3, 0.4) is 0 Å². The second-order valence-corrected chi connectivity index (χ2v) is 5.58. The lowest BCUT2D eigenvalue weighted by Gasteiger charge is -2.16. The highest BCUT2D eigenvalue weighted by Gasteiger charge is 2.44. The Kier molecular flexibility index (Phi) is 6.23. The van der Waals surface area contributed by atoms with Crippen molar-refractivity contribution < 1.29 is 43.4 Å². The number of aliphatic hydroxyl groups excluding tert-OH is 2. The van der Waals surface area contributed by atoms with Crippen LogP contribution in [0.1, 0.15) is 6.92 Å². The van der Waals surface area contributed by atoms with Crippen molar-refractivity contribution in [1.29, 1.82) is 0 Å². The maximum absolute atomic E-state index is 11.4. The molecule has 0 radical (unpaired) electrons. The fourth-order valence-corrected chi connectivity index (χ4v) is 1.93. The molecule has 122 valence electrons. The third-order valence-corrected chi connectivity index (χ3v) is 3.06. The van der Waals surface area contributed by atoms with Gasteiger partial charge in [0.2, 0.25) is 11.8 Å². The Balaban J connectivity index is 2.48. The van der Waals surface area contributed by atoms with Crippen molar-refractivity contribution in [3.05, 3.63) is 0 Å². The number of hydrogen-bond donors (Lipinski definition) is 6. The fraction of sp³-hybridized carbons (Fsp3) is 0.778. The summed E-state index contributed by atoms with van der Waals surface area (Å²) in [5.41, 5.74) is 0. The first-order valence-electron chi connectivity index (χ1n) is 5.85. The van der Waals surface area contributed by atoms with E-state index in [2.05, 4.69) is 15.2 Å². The van der Waals surface area contributed by atoms with Crippen LogP contribution in [0, 0.1) is 0 Å². The van der Waals surface area contributed by atoms with Gasteiger partial charge in [-0.3, -0.25) is 14.1 Å². The van der Waals surface area contributed by atoms with E-state index in [0.29, 0.717) is 0 Å².